The van der Waals surface area contributed by atoms with E-state index in [0.29, 0.717) is 6.10 Å². The zero-order valence-electron chi connectivity index (χ0n) is 9.47. The van der Waals surface area contributed by atoms with Gasteiger partial charge < -0.3 is 15.6 Å². The second kappa shape index (κ2) is 4.82. The highest BCUT2D eigenvalue weighted by Crippen LogP contribution is 2.20. The van der Waals surface area contributed by atoms with E-state index in [1.54, 1.807) is 0 Å². The van der Waals surface area contributed by atoms with Gasteiger partial charge in [-0.3, -0.25) is 4.90 Å². The van der Waals surface area contributed by atoms with Crippen molar-refractivity contribution in [2.75, 3.05) is 26.7 Å². The van der Waals surface area contributed by atoms with Crippen LogP contribution in [0.5, 0.6) is 5.75 Å². The second-order valence-corrected chi connectivity index (χ2v) is 4.28. The van der Waals surface area contributed by atoms with Gasteiger partial charge in [0.15, 0.2) is 0 Å². The third-order valence-electron chi connectivity index (χ3n) is 2.82. The number of aliphatic hydroxyl groups excluding tert-OH is 1. The molecule has 1 heterocycles. The monoisotopic (exact) mass is 222 g/mol. The van der Waals surface area contributed by atoms with E-state index in [0.717, 1.165) is 24.4 Å². The van der Waals surface area contributed by atoms with Gasteiger partial charge in [0.1, 0.15) is 11.9 Å². The molecule has 1 unspecified atom stereocenters. The number of ether oxygens (including phenoxy) is 1. The van der Waals surface area contributed by atoms with Crippen LogP contribution < -0.4 is 10.5 Å². The Morgan fingerprint density at radius 2 is 2.06 bits per heavy atom. The Bertz CT molecular complexity index is 333. The molecule has 0 spiro atoms. The van der Waals surface area contributed by atoms with E-state index in [9.17, 15) is 5.11 Å². The summed E-state index contributed by atoms with van der Waals surface area (Å²) in [5.41, 5.74) is 6.22. The van der Waals surface area contributed by atoms with Gasteiger partial charge in [-0.15, -0.1) is 0 Å². The highest BCUT2D eigenvalue weighted by molar-refractivity contribution is 5.29. The largest absolute Gasteiger partial charge is 0.488 e. The Hall–Kier alpha value is -1.10. The summed E-state index contributed by atoms with van der Waals surface area (Å²) in [6.45, 7) is 2.20. The van der Waals surface area contributed by atoms with E-state index in [2.05, 4.69) is 11.9 Å². The standard InChI is InChI=1S/C12H18N2O2/c1-14-7-11(8-14)16-10-4-2-9(3-5-10)12(15)6-13/h2-5,11-12,15H,6-8,13H2,1H3. The van der Waals surface area contributed by atoms with Crippen LogP contribution in [0.25, 0.3) is 0 Å². The molecule has 4 heteroatoms. The summed E-state index contributed by atoms with van der Waals surface area (Å²) >= 11 is 0. The molecular weight excluding hydrogens is 204 g/mol. The van der Waals surface area contributed by atoms with Crippen molar-refractivity contribution in [2.45, 2.75) is 12.2 Å². The van der Waals surface area contributed by atoms with Gasteiger partial charge in [0.2, 0.25) is 0 Å². The van der Waals surface area contributed by atoms with Gasteiger partial charge in [-0.2, -0.15) is 0 Å². The molecular formula is C12H18N2O2. The Balaban J connectivity index is 1.92. The fourth-order valence-corrected chi connectivity index (χ4v) is 1.81. The molecule has 2 rings (SSSR count). The fraction of sp³-hybridized carbons (Fsp3) is 0.500. The average Bonchev–Trinajstić information content (AvgIpc) is 2.27. The molecule has 0 amide bonds. The van der Waals surface area contributed by atoms with Crippen LogP contribution in [0.3, 0.4) is 0 Å². The molecule has 0 radical (unpaired) electrons. The van der Waals surface area contributed by atoms with Crippen molar-refractivity contribution in [3.63, 3.8) is 0 Å². The number of benzene rings is 1. The quantitative estimate of drug-likeness (QED) is 0.773. The van der Waals surface area contributed by atoms with Crippen molar-refractivity contribution in [3.8, 4) is 5.75 Å². The van der Waals surface area contributed by atoms with E-state index in [1.807, 2.05) is 24.3 Å². The van der Waals surface area contributed by atoms with Crippen LogP contribution in [0.15, 0.2) is 24.3 Å². The predicted molar refractivity (Wildman–Crippen MR) is 62.4 cm³/mol. The first kappa shape index (κ1) is 11.4. The van der Waals surface area contributed by atoms with Crippen LogP contribution in [0.1, 0.15) is 11.7 Å². The summed E-state index contributed by atoms with van der Waals surface area (Å²) in [6.07, 6.45) is -0.279. The summed E-state index contributed by atoms with van der Waals surface area (Å²) in [5.74, 6) is 0.853. The Labute approximate surface area is 95.6 Å². The molecule has 0 bridgehead atoms. The van der Waals surface area contributed by atoms with Crippen molar-refractivity contribution in [1.29, 1.82) is 0 Å². The number of aliphatic hydroxyl groups is 1. The van der Waals surface area contributed by atoms with Crippen molar-refractivity contribution in [3.05, 3.63) is 29.8 Å². The predicted octanol–water partition coefficient (Wildman–Crippen LogP) is 0.371. The molecule has 0 aromatic heterocycles. The van der Waals surface area contributed by atoms with Crippen LogP contribution in [-0.2, 0) is 0 Å². The zero-order valence-corrected chi connectivity index (χ0v) is 9.47. The van der Waals surface area contributed by atoms with Crippen molar-refractivity contribution in [1.82, 2.24) is 4.90 Å². The molecule has 88 valence electrons. The molecule has 1 atom stereocenters. The summed E-state index contributed by atoms with van der Waals surface area (Å²) < 4.78 is 5.73. The molecule has 1 aromatic rings. The molecule has 16 heavy (non-hydrogen) atoms. The second-order valence-electron chi connectivity index (χ2n) is 4.28. The van der Waals surface area contributed by atoms with Crippen molar-refractivity contribution in [2.24, 2.45) is 5.73 Å². The van der Waals surface area contributed by atoms with E-state index >= 15 is 0 Å². The SMILES string of the molecule is CN1CC(Oc2ccc(C(O)CN)cc2)C1. The average molecular weight is 222 g/mol. The molecule has 1 saturated heterocycles. The lowest BCUT2D eigenvalue weighted by molar-refractivity contribution is 0.0388. The topological polar surface area (TPSA) is 58.7 Å². The Kier molecular flexibility index (Phi) is 3.43. The van der Waals surface area contributed by atoms with E-state index < -0.39 is 6.10 Å². The minimum Gasteiger partial charge on any atom is -0.488 e. The molecule has 1 aliphatic rings. The third-order valence-corrected chi connectivity index (χ3v) is 2.82. The highest BCUT2D eigenvalue weighted by Gasteiger charge is 2.24. The first-order valence-corrected chi connectivity index (χ1v) is 5.52. The van der Waals surface area contributed by atoms with Gasteiger partial charge in [0.05, 0.1) is 6.10 Å². The maximum Gasteiger partial charge on any atom is 0.124 e. The molecule has 0 saturated carbocycles. The number of hydrogen-bond donors (Lipinski definition) is 2. The van der Waals surface area contributed by atoms with Crippen molar-refractivity contribution < 1.29 is 9.84 Å². The molecule has 1 aliphatic heterocycles. The molecule has 1 fully saturated rings. The van der Waals surface area contributed by atoms with Gasteiger partial charge in [0, 0.05) is 19.6 Å². The van der Waals surface area contributed by atoms with Gasteiger partial charge >= 0.3 is 0 Å². The smallest absolute Gasteiger partial charge is 0.124 e. The number of likely N-dealkylation sites (tertiary alicyclic amines) is 1. The normalized spacial score (nSPS) is 19.2. The highest BCUT2D eigenvalue weighted by atomic mass is 16.5. The lowest BCUT2D eigenvalue weighted by atomic mass is 10.1. The van der Waals surface area contributed by atoms with Gasteiger partial charge in [-0.25, -0.2) is 0 Å². The first-order chi connectivity index (χ1) is 7.69. The number of nitrogens with two attached hydrogens (primary N) is 1. The van der Waals surface area contributed by atoms with E-state index in [4.69, 9.17) is 10.5 Å². The molecule has 1 aromatic carbocycles. The van der Waals surface area contributed by atoms with Crippen molar-refractivity contribution >= 4 is 0 Å². The number of likely N-dealkylation sites (N-methyl/N-ethyl adjacent to an activating group) is 1. The Morgan fingerprint density at radius 3 is 2.56 bits per heavy atom. The summed E-state index contributed by atoms with van der Waals surface area (Å²) in [4.78, 5) is 2.21. The minimum atomic E-state index is -0.580. The zero-order chi connectivity index (χ0) is 11.5. The third kappa shape index (κ3) is 2.52. The van der Waals surface area contributed by atoms with Gasteiger partial charge in [-0.1, -0.05) is 12.1 Å². The number of nitrogens with zero attached hydrogens (tertiary/aromatic N) is 1. The van der Waals surface area contributed by atoms with E-state index in [-0.39, 0.29) is 6.54 Å². The minimum absolute atomic E-state index is 0.244. The summed E-state index contributed by atoms with van der Waals surface area (Å²) in [7, 11) is 2.07. The summed E-state index contributed by atoms with van der Waals surface area (Å²) in [6, 6.07) is 7.48. The van der Waals surface area contributed by atoms with E-state index in [1.165, 1.54) is 0 Å². The van der Waals surface area contributed by atoms with Crippen LogP contribution >= 0.6 is 0 Å². The molecule has 3 N–H and O–H groups in total. The van der Waals surface area contributed by atoms with Crippen LogP contribution in [-0.4, -0.2) is 42.8 Å². The molecule has 4 nitrogen and oxygen atoms in total. The Morgan fingerprint density at radius 1 is 1.44 bits per heavy atom. The lowest BCUT2D eigenvalue weighted by Crippen LogP contribution is -2.51. The maximum atomic E-state index is 9.52. The number of hydrogen-bond acceptors (Lipinski definition) is 4. The van der Waals surface area contributed by atoms with Crippen LogP contribution in [0.4, 0.5) is 0 Å². The van der Waals surface area contributed by atoms with Gasteiger partial charge in [0.25, 0.3) is 0 Å². The first-order valence-electron chi connectivity index (χ1n) is 5.52. The lowest BCUT2D eigenvalue weighted by Gasteiger charge is -2.36. The molecule has 0 aliphatic carbocycles. The number of rotatable bonds is 4. The van der Waals surface area contributed by atoms with Crippen LogP contribution in [0.2, 0.25) is 0 Å². The summed E-state index contributed by atoms with van der Waals surface area (Å²) in [5, 5.41) is 9.52. The maximum absolute atomic E-state index is 9.52. The van der Waals surface area contributed by atoms with Crippen LogP contribution in [0, 0.1) is 0 Å². The fourth-order valence-electron chi connectivity index (χ4n) is 1.81. The van der Waals surface area contributed by atoms with Gasteiger partial charge in [-0.05, 0) is 24.7 Å².